The summed E-state index contributed by atoms with van der Waals surface area (Å²) in [5.74, 6) is 0.146. The standard InChI is InChI=1S/C24H21ClN4O2S2/c1-13-14(2)33-23-19(13)21(30)27-20(28-23)18(24(31)29-9-3-4-10-29)11-17-12-32-22(26-17)15-5-7-16(25)8-6-15/h5-8,11-12H,3-4,9-10H2,1-2H3,(H,27,28,30)/b18-11-. The Kier molecular flexibility index (Phi) is 5.90. The molecule has 6 nitrogen and oxygen atoms in total. The molecule has 0 aliphatic carbocycles. The second-order valence-corrected chi connectivity index (χ2v) is 10.5. The van der Waals surface area contributed by atoms with Crippen molar-refractivity contribution in [2.45, 2.75) is 26.7 Å². The maximum atomic E-state index is 13.4. The van der Waals surface area contributed by atoms with Gasteiger partial charge in [-0.2, -0.15) is 0 Å². The molecule has 0 spiro atoms. The van der Waals surface area contributed by atoms with Crippen LogP contribution in [0.1, 0.15) is 34.8 Å². The van der Waals surface area contributed by atoms with Crippen LogP contribution in [0, 0.1) is 13.8 Å². The average molecular weight is 497 g/mol. The van der Waals surface area contributed by atoms with E-state index in [1.54, 1.807) is 6.08 Å². The number of likely N-dealkylation sites (tertiary alicyclic amines) is 1. The minimum atomic E-state index is -0.225. The molecule has 1 saturated heterocycles. The van der Waals surface area contributed by atoms with E-state index in [0.717, 1.165) is 33.9 Å². The summed E-state index contributed by atoms with van der Waals surface area (Å²) in [6, 6.07) is 7.48. The zero-order valence-electron chi connectivity index (χ0n) is 18.1. The Hall–Kier alpha value is -2.81. The molecule has 1 aliphatic rings. The first-order valence-corrected chi connectivity index (χ1v) is 12.7. The van der Waals surface area contributed by atoms with Gasteiger partial charge in [-0.1, -0.05) is 23.7 Å². The molecule has 5 rings (SSSR count). The van der Waals surface area contributed by atoms with Gasteiger partial charge >= 0.3 is 0 Å². The Balaban J connectivity index is 1.60. The molecule has 0 unspecified atom stereocenters. The minimum Gasteiger partial charge on any atom is -0.339 e. The van der Waals surface area contributed by atoms with Crippen LogP contribution in [0.25, 0.3) is 32.4 Å². The molecule has 1 aromatic carbocycles. The van der Waals surface area contributed by atoms with E-state index in [0.29, 0.717) is 39.6 Å². The van der Waals surface area contributed by atoms with Crippen molar-refractivity contribution in [2.75, 3.05) is 13.1 Å². The van der Waals surface area contributed by atoms with E-state index in [2.05, 4.69) is 9.97 Å². The Morgan fingerprint density at radius 2 is 1.88 bits per heavy atom. The summed E-state index contributed by atoms with van der Waals surface area (Å²) in [6.07, 6.45) is 3.68. The number of nitrogens with zero attached hydrogens (tertiary/aromatic N) is 3. The van der Waals surface area contributed by atoms with Crippen LogP contribution in [0.5, 0.6) is 0 Å². The van der Waals surface area contributed by atoms with Gasteiger partial charge in [0.2, 0.25) is 0 Å². The summed E-state index contributed by atoms with van der Waals surface area (Å²) >= 11 is 8.96. The molecule has 4 aromatic rings. The number of thiophene rings is 1. The minimum absolute atomic E-state index is 0.138. The average Bonchev–Trinajstić information content (AvgIpc) is 3.54. The number of nitrogens with one attached hydrogen (secondary N) is 1. The van der Waals surface area contributed by atoms with E-state index in [-0.39, 0.29) is 17.3 Å². The fraction of sp³-hybridized carbons (Fsp3) is 0.250. The van der Waals surface area contributed by atoms with Crippen LogP contribution in [-0.2, 0) is 4.79 Å². The van der Waals surface area contributed by atoms with Crippen molar-refractivity contribution in [3.8, 4) is 10.6 Å². The molecule has 9 heteroatoms. The number of carbonyl (C=O) groups excluding carboxylic acids is 1. The number of aromatic amines is 1. The molecule has 1 amide bonds. The highest BCUT2D eigenvalue weighted by atomic mass is 35.5. The molecular formula is C24H21ClN4O2S2. The number of aryl methyl sites for hydroxylation is 2. The van der Waals surface area contributed by atoms with Gasteiger partial charge in [-0.15, -0.1) is 22.7 Å². The third-order valence-electron chi connectivity index (χ3n) is 5.82. The van der Waals surface area contributed by atoms with Gasteiger partial charge in [-0.05, 0) is 50.5 Å². The van der Waals surface area contributed by atoms with Gasteiger partial charge in [0.1, 0.15) is 15.7 Å². The molecule has 33 heavy (non-hydrogen) atoms. The Morgan fingerprint density at radius 1 is 1.15 bits per heavy atom. The molecule has 0 bridgehead atoms. The number of halogens is 1. The van der Waals surface area contributed by atoms with Gasteiger partial charge in [-0.3, -0.25) is 9.59 Å². The number of carbonyl (C=O) groups is 1. The number of amides is 1. The second kappa shape index (κ2) is 8.85. The molecule has 1 N–H and O–H groups in total. The zero-order valence-corrected chi connectivity index (χ0v) is 20.5. The zero-order chi connectivity index (χ0) is 23.1. The van der Waals surface area contributed by atoms with Crippen molar-refractivity contribution in [1.82, 2.24) is 19.9 Å². The lowest BCUT2D eigenvalue weighted by atomic mass is 10.1. The van der Waals surface area contributed by atoms with Crippen LogP contribution in [0.15, 0.2) is 34.4 Å². The normalized spacial score (nSPS) is 14.4. The molecular weight excluding hydrogens is 476 g/mol. The molecule has 0 radical (unpaired) electrons. The predicted octanol–water partition coefficient (Wildman–Crippen LogP) is 5.54. The third kappa shape index (κ3) is 4.26. The number of fused-ring (bicyclic) bond motifs is 1. The Labute approximate surface area is 203 Å². The first-order chi connectivity index (χ1) is 15.9. The van der Waals surface area contributed by atoms with Crippen LogP contribution in [0.4, 0.5) is 0 Å². The van der Waals surface area contributed by atoms with Crippen molar-refractivity contribution < 1.29 is 4.79 Å². The first kappa shape index (κ1) is 22.0. The number of rotatable bonds is 4. The van der Waals surface area contributed by atoms with E-state index in [1.165, 1.54) is 22.7 Å². The van der Waals surface area contributed by atoms with Gasteiger partial charge < -0.3 is 9.88 Å². The molecule has 3 aromatic heterocycles. The fourth-order valence-corrected chi connectivity index (χ4v) is 5.87. The summed E-state index contributed by atoms with van der Waals surface area (Å²) < 4.78 is 0. The summed E-state index contributed by atoms with van der Waals surface area (Å²) in [7, 11) is 0. The SMILES string of the molecule is Cc1sc2nc(/C(=C/c3csc(-c4ccc(Cl)cc4)n3)C(=O)N3CCCC3)[nH]c(=O)c2c1C. The Morgan fingerprint density at radius 3 is 2.61 bits per heavy atom. The first-order valence-electron chi connectivity index (χ1n) is 10.6. The number of H-pyrrole nitrogens is 1. The van der Waals surface area contributed by atoms with E-state index < -0.39 is 0 Å². The largest absolute Gasteiger partial charge is 0.339 e. The number of hydrogen-bond acceptors (Lipinski definition) is 6. The van der Waals surface area contributed by atoms with Gasteiger partial charge in [0, 0.05) is 33.9 Å². The topological polar surface area (TPSA) is 79.0 Å². The second-order valence-electron chi connectivity index (χ2n) is 8.02. The maximum Gasteiger partial charge on any atom is 0.260 e. The quantitative estimate of drug-likeness (QED) is 0.376. The Bertz CT molecular complexity index is 1440. The maximum absolute atomic E-state index is 13.4. The van der Waals surface area contributed by atoms with Crippen molar-refractivity contribution in [3.63, 3.8) is 0 Å². The molecule has 0 saturated carbocycles. The van der Waals surface area contributed by atoms with Gasteiger partial charge in [-0.25, -0.2) is 9.97 Å². The smallest absolute Gasteiger partial charge is 0.260 e. The van der Waals surface area contributed by atoms with Crippen molar-refractivity contribution in [1.29, 1.82) is 0 Å². The monoisotopic (exact) mass is 496 g/mol. The predicted molar refractivity (Wildman–Crippen MR) is 136 cm³/mol. The summed E-state index contributed by atoms with van der Waals surface area (Å²) in [5, 5.41) is 3.98. The van der Waals surface area contributed by atoms with Gasteiger partial charge in [0.05, 0.1) is 16.7 Å². The van der Waals surface area contributed by atoms with Gasteiger partial charge in [0.15, 0.2) is 0 Å². The van der Waals surface area contributed by atoms with Crippen molar-refractivity contribution >= 4 is 62.0 Å². The molecule has 0 atom stereocenters. The van der Waals surface area contributed by atoms with E-state index >= 15 is 0 Å². The fourth-order valence-electron chi connectivity index (χ4n) is 3.93. The van der Waals surface area contributed by atoms with E-state index in [1.807, 2.05) is 48.4 Å². The summed E-state index contributed by atoms with van der Waals surface area (Å²) in [5.41, 5.74) is 2.66. The molecule has 1 fully saturated rings. The summed E-state index contributed by atoms with van der Waals surface area (Å²) in [4.78, 5) is 42.1. The van der Waals surface area contributed by atoms with Gasteiger partial charge in [0.25, 0.3) is 11.5 Å². The highest BCUT2D eigenvalue weighted by Gasteiger charge is 2.25. The van der Waals surface area contributed by atoms with E-state index in [4.69, 9.17) is 16.6 Å². The lowest BCUT2D eigenvalue weighted by Gasteiger charge is -2.17. The van der Waals surface area contributed by atoms with Crippen LogP contribution in [0.3, 0.4) is 0 Å². The van der Waals surface area contributed by atoms with Crippen LogP contribution < -0.4 is 5.56 Å². The molecule has 4 heterocycles. The lowest BCUT2D eigenvalue weighted by Crippen LogP contribution is -2.29. The van der Waals surface area contributed by atoms with Crippen LogP contribution in [0.2, 0.25) is 5.02 Å². The third-order valence-corrected chi connectivity index (χ3v) is 8.09. The highest BCUT2D eigenvalue weighted by molar-refractivity contribution is 7.18. The van der Waals surface area contributed by atoms with Crippen molar-refractivity contribution in [3.05, 3.63) is 67.0 Å². The number of thiazole rings is 1. The van der Waals surface area contributed by atoms with Crippen molar-refractivity contribution in [2.24, 2.45) is 0 Å². The molecule has 168 valence electrons. The highest BCUT2D eigenvalue weighted by Crippen LogP contribution is 2.30. The summed E-state index contributed by atoms with van der Waals surface area (Å²) in [6.45, 7) is 5.30. The molecule has 1 aliphatic heterocycles. The van der Waals surface area contributed by atoms with Crippen LogP contribution in [-0.4, -0.2) is 38.8 Å². The van der Waals surface area contributed by atoms with E-state index in [9.17, 15) is 9.59 Å². The number of hydrogen-bond donors (Lipinski definition) is 1. The number of aromatic nitrogens is 3. The van der Waals surface area contributed by atoms with Crippen LogP contribution >= 0.6 is 34.3 Å². The number of benzene rings is 1. The lowest BCUT2D eigenvalue weighted by molar-refractivity contribution is -0.123.